The molecule has 0 aromatic heterocycles. The zero-order chi connectivity index (χ0) is 12.0. The number of hydrogen-bond donors (Lipinski definition) is 1. The monoisotopic (exact) mass is 231 g/mol. The molecule has 16 heavy (non-hydrogen) atoms. The standard InChI is InChI=1S/C9H13NO6/c1-14-4-5-15-7(11)3-2-6-8(12)16-9(13)10-6/h6H,2-5H2,1H3,(H,10,13)/t6-/m0/s1. The number of amides is 1. The average molecular weight is 231 g/mol. The molecule has 1 rings (SSSR count). The van der Waals surface area contributed by atoms with Crippen LogP contribution in [0.25, 0.3) is 0 Å². The quantitative estimate of drug-likeness (QED) is 0.379. The molecule has 1 saturated heterocycles. The molecular formula is C9H13NO6. The van der Waals surface area contributed by atoms with Crippen LogP contribution in [0.15, 0.2) is 0 Å². The Morgan fingerprint density at radius 2 is 2.19 bits per heavy atom. The van der Waals surface area contributed by atoms with Crippen LogP contribution in [0.4, 0.5) is 4.79 Å². The lowest BCUT2D eigenvalue weighted by Gasteiger charge is -2.05. The van der Waals surface area contributed by atoms with Crippen molar-refractivity contribution in [1.29, 1.82) is 0 Å². The van der Waals surface area contributed by atoms with E-state index in [4.69, 9.17) is 9.47 Å². The van der Waals surface area contributed by atoms with Crippen LogP contribution >= 0.6 is 0 Å². The number of alkyl carbamates (subject to hydrolysis) is 1. The van der Waals surface area contributed by atoms with E-state index in [-0.39, 0.29) is 19.4 Å². The lowest BCUT2D eigenvalue weighted by atomic mass is 10.2. The molecule has 0 spiro atoms. The molecule has 1 atom stereocenters. The molecule has 7 heteroatoms. The summed E-state index contributed by atoms with van der Waals surface area (Å²) in [6.45, 7) is 0.505. The van der Waals surface area contributed by atoms with Crippen molar-refractivity contribution < 1.29 is 28.6 Å². The number of cyclic esters (lactones) is 2. The van der Waals surface area contributed by atoms with Gasteiger partial charge in [-0.15, -0.1) is 0 Å². The number of ether oxygens (including phenoxy) is 3. The van der Waals surface area contributed by atoms with E-state index < -0.39 is 24.1 Å². The maximum absolute atomic E-state index is 11.1. The fourth-order valence-corrected chi connectivity index (χ4v) is 1.16. The maximum Gasteiger partial charge on any atom is 0.415 e. The Balaban J connectivity index is 2.16. The topological polar surface area (TPSA) is 90.9 Å². The van der Waals surface area contributed by atoms with E-state index in [1.165, 1.54) is 7.11 Å². The molecule has 0 aliphatic carbocycles. The normalized spacial score (nSPS) is 19.2. The summed E-state index contributed by atoms with van der Waals surface area (Å²) in [5, 5.41) is 2.28. The summed E-state index contributed by atoms with van der Waals surface area (Å²) in [6, 6.07) is -0.748. The highest BCUT2D eigenvalue weighted by Gasteiger charge is 2.32. The first-order valence-corrected chi connectivity index (χ1v) is 4.80. The van der Waals surface area contributed by atoms with Gasteiger partial charge < -0.3 is 19.5 Å². The van der Waals surface area contributed by atoms with E-state index in [2.05, 4.69) is 10.1 Å². The van der Waals surface area contributed by atoms with E-state index in [1.807, 2.05) is 0 Å². The molecule has 1 N–H and O–H groups in total. The van der Waals surface area contributed by atoms with Gasteiger partial charge in [0.25, 0.3) is 0 Å². The lowest BCUT2D eigenvalue weighted by Crippen LogP contribution is -2.29. The zero-order valence-electron chi connectivity index (χ0n) is 8.86. The molecule has 1 amide bonds. The second-order valence-corrected chi connectivity index (χ2v) is 3.16. The SMILES string of the molecule is COCCOC(=O)CC[C@@H]1NC(=O)OC1=O. The van der Waals surface area contributed by atoms with Crippen molar-refractivity contribution in [1.82, 2.24) is 5.32 Å². The number of carbonyl (C=O) groups is 3. The number of esters is 2. The Kier molecular flexibility index (Phi) is 4.71. The van der Waals surface area contributed by atoms with Crippen molar-refractivity contribution in [3.05, 3.63) is 0 Å². The highest BCUT2D eigenvalue weighted by Crippen LogP contribution is 2.07. The van der Waals surface area contributed by atoms with Gasteiger partial charge in [-0.25, -0.2) is 9.59 Å². The van der Waals surface area contributed by atoms with Crippen LogP contribution < -0.4 is 5.32 Å². The number of rotatable bonds is 6. The fraction of sp³-hybridized carbons (Fsp3) is 0.667. The Morgan fingerprint density at radius 1 is 1.44 bits per heavy atom. The maximum atomic E-state index is 11.1. The first-order valence-electron chi connectivity index (χ1n) is 4.80. The third-order valence-electron chi connectivity index (χ3n) is 1.96. The average Bonchev–Trinajstić information content (AvgIpc) is 2.55. The molecule has 90 valence electrons. The van der Waals surface area contributed by atoms with Crippen LogP contribution in [0.5, 0.6) is 0 Å². The Labute approximate surface area is 92.0 Å². The minimum absolute atomic E-state index is 0.0454. The number of methoxy groups -OCH3 is 1. The molecule has 0 unspecified atom stereocenters. The first kappa shape index (κ1) is 12.4. The van der Waals surface area contributed by atoms with Gasteiger partial charge >= 0.3 is 18.0 Å². The number of nitrogens with one attached hydrogen (secondary N) is 1. The van der Waals surface area contributed by atoms with Crippen molar-refractivity contribution in [3.63, 3.8) is 0 Å². The predicted octanol–water partition coefficient (Wildman–Crippen LogP) is -0.409. The van der Waals surface area contributed by atoms with Crippen molar-refractivity contribution in [2.24, 2.45) is 0 Å². The summed E-state index contributed by atoms with van der Waals surface area (Å²) in [7, 11) is 1.50. The molecule has 0 radical (unpaired) electrons. The van der Waals surface area contributed by atoms with Gasteiger partial charge in [-0.2, -0.15) is 0 Å². The zero-order valence-corrected chi connectivity index (χ0v) is 8.86. The molecular weight excluding hydrogens is 218 g/mol. The van der Waals surface area contributed by atoms with Gasteiger partial charge in [0.15, 0.2) is 0 Å². The second kappa shape index (κ2) is 6.06. The summed E-state index contributed by atoms with van der Waals surface area (Å²) >= 11 is 0. The third-order valence-corrected chi connectivity index (χ3v) is 1.96. The molecule has 1 aliphatic heterocycles. The van der Waals surface area contributed by atoms with Gasteiger partial charge in [-0.05, 0) is 6.42 Å². The van der Waals surface area contributed by atoms with Gasteiger partial charge in [0, 0.05) is 13.5 Å². The molecule has 1 aliphatic rings. The molecule has 1 fully saturated rings. The molecule has 1 heterocycles. The summed E-state index contributed by atoms with van der Waals surface area (Å²) < 4.78 is 13.7. The highest BCUT2D eigenvalue weighted by atomic mass is 16.6. The summed E-state index contributed by atoms with van der Waals surface area (Å²) in [5.74, 6) is -1.10. The molecule has 7 nitrogen and oxygen atoms in total. The second-order valence-electron chi connectivity index (χ2n) is 3.16. The van der Waals surface area contributed by atoms with Crippen LogP contribution in [0, 0.1) is 0 Å². The fourth-order valence-electron chi connectivity index (χ4n) is 1.16. The van der Waals surface area contributed by atoms with Crippen LogP contribution in [-0.4, -0.2) is 44.4 Å². The third kappa shape index (κ3) is 3.85. The minimum Gasteiger partial charge on any atom is -0.463 e. The number of carbonyl (C=O) groups excluding carboxylic acids is 3. The first-order chi connectivity index (χ1) is 7.63. The Bertz CT molecular complexity index is 290. The van der Waals surface area contributed by atoms with Crippen LogP contribution in [0.2, 0.25) is 0 Å². The highest BCUT2D eigenvalue weighted by molar-refractivity contribution is 5.95. The van der Waals surface area contributed by atoms with Gasteiger partial charge in [0.05, 0.1) is 6.61 Å². The van der Waals surface area contributed by atoms with Gasteiger partial charge in [0.1, 0.15) is 12.6 Å². The van der Waals surface area contributed by atoms with E-state index in [0.717, 1.165) is 0 Å². The van der Waals surface area contributed by atoms with Gasteiger partial charge in [0.2, 0.25) is 0 Å². The van der Waals surface area contributed by atoms with E-state index in [1.54, 1.807) is 0 Å². The summed E-state index contributed by atoms with van der Waals surface area (Å²) in [4.78, 5) is 32.7. The van der Waals surface area contributed by atoms with Crippen molar-refractivity contribution in [2.45, 2.75) is 18.9 Å². The molecule has 0 aromatic carbocycles. The summed E-state index contributed by atoms with van der Waals surface area (Å²) in [5.41, 5.74) is 0. The largest absolute Gasteiger partial charge is 0.463 e. The molecule has 0 saturated carbocycles. The Hall–Kier alpha value is -1.63. The van der Waals surface area contributed by atoms with Crippen LogP contribution in [0.3, 0.4) is 0 Å². The van der Waals surface area contributed by atoms with E-state index in [9.17, 15) is 14.4 Å². The summed E-state index contributed by atoms with van der Waals surface area (Å²) in [6.07, 6.45) is -0.553. The lowest BCUT2D eigenvalue weighted by molar-refractivity contribution is -0.145. The van der Waals surface area contributed by atoms with Crippen LogP contribution in [0.1, 0.15) is 12.8 Å². The van der Waals surface area contributed by atoms with E-state index in [0.29, 0.717) is 6.61 Å². The molecule has 0 bridgehead atoms. The minimum atomic E-state index is -0.775. The van der Waals surface area contributed by atoms with Gasteiger partial charge in [-0.1, -0.05) is 0 Å². The van der Waals surface area contributed by atoms with E-state index >= 15 is 0 Å². The number of hydrogen-bond acceptors (Lipinski definition) is 6. The molecule has 0 aromatic rings. The van der Waals surface area contributed by atoms with Crippen molar-refractivity contribution in [3.8, 4) is 0 Å². The van der Waals surface area contributed by atoms with Gasteiger partial charge in [-0.3, -0.25) is 4.79 Å². The van der Waals surface area contributed by atoms with Crippen LogP contribution in [-0.2, 0) is 23.8 Å². The predicted molar refractivity (Wildman–Crippen MR) is 50.5 cm³/mol. The van der Waals surface area contributed by atoms with Crippen molar-refractivity contribution >= 4 is 18.0 Å². The Morgan fingerprint density at radius 3 is 2.75 bits per heavy atom. The van der Waals surface area contributed by atoms with Crippen molar-refractivity contribution in [2.75, 3.05) is 20.3 Å². The smallest absolute Gasteiger partial charge is 0.415 e.